The van der Waals surface area contributed by atoms with Crippen molar-refractivity contribution in [3.63, 3.8) is 0 Å². The van der Waals surface area contributed by atoms with Gasteiger partial charge in [0.25, 0.3) is 0 Å². The molecule has 1 aromatic carbocycles. The Bertz CT molecular complexity index is 1530. The number of hydrogen-bond acceptors (Lipinski definition) is 8. The maximum absolute atomic E-state index is 16.5. The Morgan fingerprint density at radius 1 is 1.09 bits per heavy atom. The van der Waals surface area contributed by atoms with Crippen molar-refractivity contribution >= 4 is 45.5 Å². The number of morpholine rings is 1. The predicted molar refractivity (Wildman–Crippen MR) is 177 cm³/mol. The van der Waals surface area contributed by atoms with Gasteiger partial charge in [-0.1, -0.05) is 28.8 Å². The zero-order valence-corrected chi connectivity index (χ0v) is 27.5. The molecule has 8 nitrogen and oxygen atoms in total. The number of fused-ring (bicyclic) bond motifs is 5. The van der Waals surface area contributed by atoms with Gasteiger partial charge >= 0.3 is 6.01 Å². The van der Waals surface area contributed by atoms with Gasteiger partial charge in [0.15, 0.2) is 5.82 Å². The highest BCUT2D eigenvalue weighted by molar-refractivity contribution is 6.33. The molecule has 11 heteroatoms. The van der Waals surface area contributed by atoms with Gasteiger partial charge in [0.2, 0.25) is 0 Å². The minimum absolute atomic E-state index is 0.0644. The molecule has 4 aliphatic heterocycles. The minimum atomic E-state index is -0.564. The molecule has 45 heavy (non-hydrogen) atoms. The smallest absolute Gasteiger partial charge is 0.319 e. The molecule has 4 unspecified atom stereocenters. The summed E-state index contributed by atoms with van der Waals surface area (Å²) in [4.78, 5) is 14.2. The van der Waals surface area contributed by atoms with Gasteiger partial charge < -0.3 is 24.8 Å². The molecule has 5 heterocycles. The molecule has 4 bridgehead atoms. The molecule has 5 fully saturated rings. The molecule has 1 aromatic heterocycles. The maximum Gasteiger partial charge on any atom is 0.319 e. The number of aliphatic hydroxyl groups excluding tert-OH is 1. The summed E-state index contributed by atoms with van der Waals surface area (Å²) in [5.41, 5.74) is 1.86. The number of rotatable bonds is 10. The van der Waals surface area contributed by atoms with E-state index in [9.17, 15) is 5.11 Å². The maximum atomic E-state index is 16.5. The van der Waals surface area contributed by atoms with Crippen molar-refractivity contribution < 1.29 is 19.0 Å². The predicted octanol–water partition coefficient (Wildman–Crippen LogP) is 6.76. The number of benzene rings is 1. The molecule has 0 amide bonds. The lowest BCUT2D eigenvalue weighted by molar-refractivity contribution is -0.0161. The number of aromatic nitrogens is 2. The third kappa shape index (κ3) is 6.57. The van der Waals surface area contributed by atoms with E-state index in [1.807, 2.05) is 6.92 Å². The summed E-state index contributed by atoms with van der Waals surface area (Å²) in [5.74, 6) is 0.491. The van der Waals surface area contributed by atoms with Crippen LogP contribution >= 0.6 is 23.2 Å². The lowest BCUT2D eigenvalue weighted by atomic mass is 10.0. The molecule has 5 aliphatic rings. The molecule has 0 spiro atoms. The highest BCUT2D eigenvalue weighted by Crippen LogP contribution is 2.40. The van der Waals surface area contributed by atoms with E-state index >= 15 is 4.39 Å². The lowest BCUT2D eigenvalue weighted by Gasteiger charge is -2.34. The second-order valence-corrected chi connectivity index (χ2v) is 14.2. The lowest BCUT2D eigenvalue weighted by Crippen LogP contribution is -2.51. The highest BCUT2D eigenvalue weighted by Gasteiger charge is 2.37. The van der Waals surface area contributed by atoms with Crippen molar-refractivity contribution in [1.29, 1.82) is 0 Å². The van der Waals surface area contributed by atoms with Crippen molar-refractivity contribution in [2.45, 2.75) is 83.0 Å². The van der Waals surface area contributed by atoms with Crippen LogP contribution in [0.4, 0.5) is 10.2 Å². The van der Waals surface area contributed by atoms with E-state index in [-0.39, 0.29) is 27.9 Å². The third-order valence-electron chi connectivity index (χ3n) is 10.1. The Labute approximate surface area is 274 Å². The van der Waals surface area contributed by atoms with Crippen molar-refractivity contribution in [2.75, 3.05) is 44.4 Å². The molecule has 7 rings (SSSR count). The number of nitrogens with one attached hydrogen (secondary N) is 1. The van der Waals surface area contributed by atoms with Crippen LogP contribution in [0.1, 0.15) is 64.4 Å². The summed E-state index contributed by atoms with van der Waals surface area (Å²) in [7, 11) is 0. The van der Waals surface area contributed by atoms with Crippen LogP contribution in [0.25, 0.3) is 16.5 Å². The molecule has 1 aliphatic carbocycles. The average Bonchev–Trinajstić information content (AvgIpc) is 3.77. The topological polar surface area (TPSA) is 83.0 Å². The molecule has 4 atom stereocenters. The normalized spacial score (nSPS) is 27.8. The molecule has 2 aromatic rings. The summed E-state index contributed by atoms with van der Waals surface area (Å²) in [6.45, 7) is 8.21. The van der Waals surface area contributed by atoms with Crippen LogP contribution in [-0.4, -0.2) is 83.6 Å². The molecule has 4 saturated heterocycles. The average molecular weight is 659 g/mol. The van der Waals surface area contributed by atoms with Crippen LogP contribution in [0.3, 0.4) is 0 Å². The molecule has 2 N–H and O–H groups in total. The Morgan fingerprint density at radius 3 is 2.49 bits per heavy atom. The van der Waals surface area contributed by atoms with Crippen molar-refractivity contribution in [2.24, 2.45) is 5.92 Å². The van der Waals surface area contributed by atoms with E-state index in [4.69, 9.17) is 37.7 Å². The first kappa shape index (κ1) is 31.2. The fraction of sp³-hybridized carbons (Fsp3) is 0.588. The van der Waals surface area contributed by atoms with E-state index in [0.717, 1.165) is 70.5 Å². The van der Waals surface area contributed by atoms with E-state index in [0.29, 0.717) is 58.5 Å². The summed E-state index contributed by atoms with van der Waals surface area (Å²) in [5, 5.41) is 15.6. The van der Waals surface area contributed by atoms with Crippen LogP contribution in [0.5, 0.6) is 6.01 Å². The van der Waals surface area contributed by atoms with Gasteiger partial charge in [-0.3, -0.25) is 4.90 Å². The Kier molecular flexibility index (Phi) is 9.00. The number of hydrogen-bond donors (Lipinski definition) is 2. The van der Waals surface area contributed by atoms with Crippen LogP contribution in [0.2, 0.25) is 5.02 Å². The molecular formula is C34H42Cl2FN5O3. The fourth-order valence-electron chi connectivity index (χ4n) is 7.58. The van der Waals surface area contributed by atoms with Crippen LogP contribution < -0.4 is 15.0 Å². The number of nitrogens with zero attached hydrogens (tertiary/aromatic N) is 4. The minimum Gasteiger partial charge on any atom is -0.508 e. The van der Waals surface area contributed by atoms with E-state index in [2.05, 4.69) is 20.1 Å². The summed E-state index contributed by atoms with van der Waals surface area (Å²) in [6, 6.07) is 3.63. The van der Waals surface area contributed by atoms with Crippen LogP contribution in [0, 0.1) is 11.7 Å². The number of ether oxygens (including phenoxy) is 2. The summed E-state index contributed by atoms with van der Waals surface area (Å²) in [6.07, 6.45) is 10.6. The quantitative estimate of drug-likeness (QED) is 0.165. The van der Waals surface area contributed by atoms with E-state index in [1.165, 1.54) is 25.0 Å². The van der Waals surface area contributed by atoms with Crippen molar-refractivity contribution in [3.05, 3.63) is 51.0 Å². The van der Waals surface area contributed by atoms with E-state index in [1.54, 1.807) is 13.0 Å². The number of halogens is 3. The summed E-state index contributed by atoms with van der Waals surface area (Å²) < 4.78 is 28.3. The Morgan fingerprint density at radius 2 is 1.80 bits per heavy atom. The van der Waals surface area contributed by atoms with Gasteiger partial charge in [0.05, 0.1) is 24.8 Å². The number of anilines is 1. The molecule has 1 saturated carbocycles. The van der Waals surface area contributed by atoms with Gasteiger partial charge in [0, 0.05) is 59.8 Å². The molecule has 242 valence electrons. The summed E-state index contributed by atoms with van der Waals surface area (Å²) >= 11 is 13.2. The number of piperazine rings is 1. The molecular weight excluding hydrogens is 616 g/mol. The Hall–Kier alpha value is -2.43. The largest absolute Gasteiger partial charge is 0.508 e. The zero-order valence-electron chi connectivity index (χ0n) is 26.0. The first-order valence-corrected chi connectivity index (χ1v) is 17.1. The SMILES string of the molecule is C\C(=C(Cl)/C=C(O)\C=C(/C)c1c(Cl)cc2c(N3CC4CCC(C3)N4)nc(OCCCN3C4CCC3COC4)nc2c1F)C1CC1. The van der Waals surface area contributed by atoms with E-state index < -0.39 is 5.82 Å². The van der Waals surface area contributed by atoms with Gasteiger partial charge in [-0.25, -0.2) is 4.39 Å². The number of allylic oxidation sites excluding steroid dienone is 5. The van der Waals surface area contributed by atoms with Crippen molar-refractivity contribution in [3.8, 4) is 6.01 Å². The first-order chi connectivity index (χ1) is 21.7. The highest BCUT2D eigenvalue weighted by atomic mass is 35.5. The zero-order chi connectivity index (χ0) is 31.2. The van der Waals surface area contributed by atoms with Gasteiger partial charge in [-0.05, 0) is 88.5 Å². The van der Waals surface area contributed by atoms with Crippen molar-refractivity contribution in [1.82, 2.24) is 20.2 Å². The monoisotopic (exact) mass is 657 g/mol. The second kappa shape index (κ2) is 13.0. The van der Waals surface area contributed by atoms with Gasteiger partial charge in [-0.2, -0.15) is 9.97 Å². The Balaban J connectivity index is 1.18. The third-order valence-corrected chi connectivity index (χ3v) is 10.8. The second-order valence-electron chi connectivity index (χ2n) is 13.4. The van der Waals surface area contributed by atoms with Gasteiger partial charge in [-0.15, -0.1) is 0 Å². The molecule has 0 radical (unpaired) electrons. The standard InChI is InChI=1S/C34H42Cl2FN5O3/c1-19(12-26(43)13-28(35)20(2)21-4-5-21)30-29(36)14-27-32(31(30)37)39-34(40-33(27)41-15-22-6-7-23(16-41)38-22)45-11-3-10-42-24-8-9-25(42)18-44-17-24/h12-14,21-25,38,43H,3-11,15-18H2,1-2H3/b19-12+,26-13+,28-20-. The van der Waals surface area contributed by atoms with Gasteiger partial charge in [0.1, 0.15) is 17.1 Å². The fourth-order valence-corrected chi connectivity index (χ4v) is 8.18. The number of aliphatic hydroxyl groups is 1. The first-order valence-electron chi connectivity index (χ1n) is 16.4. The van der Waals surface area contributed by atoms with Crippen LogP contribution in [0.15, 0.2) is 34.6 Å². The van der Waals surface area contributed by atoms with Crippen LogP contribution in [-0.2, 0) is 4.74 Å².